The van der Waals surface area contributed by atoms with E-state index in [9.17, 15) is 15.3 Å². The standard InChI is InChI=1S/C9H10BrClO3/c10-4-8(13)9(14)6-3-5(12)1-2-7(6)11/h1-3,8-9,12-14H,4H2. The maximum atomic E-state index is 9.62. The van der Waals surface area contributed by atoms with Crippen LogP contribution in [0.3, 0.4) is 0 Å². The molecule has 0 aromatic heterocycles. The lowest BCUT2D eigenvalue weighted by atomic mass is 10.1. The van der Waals surface area contributed by atoms with Crippen LogP contribution in [0.15, 0.2) is 18.2 Å². The maximum absolute atomic E-state index is 9.62. The summed E-state index contributed by atoms with van der Waals surface area (Å²) in [5.41, 5.74) is 0.318. The smallest absolute Gasteiger partial charge is 0.116 e. The predicted octanol–water partition coefficient (Wildman–Crippen LogP) is 1.83. The number of hydrogen-bond donors (Lipinski definition) is 3. The zero-order chi connectivity index (χ0) is 10.7. The first-order valence-corrected chi connectivity index (χ1v) is 5.46. The summed E-state index contributed by atoms with van der Waals surface area (Å²) >= 11 is 8.83. The van der Waals surface area contributed by atoms with Crippen LogP contribution in [0, 0.1) is 0 Å². The molecule has 0 aliphatic rings. The summed E-state index contributed by atoms with van der Waals surface area (Å²) in [6.07, 6.45) is -2.05. The summed E-state index contributed by atoms with van der Waals surface area (Å²) in [4.78, 5) is 0. The van der Waals surface area contributed by atoms with Crippen molar-refractivity contribution in [2.45, 2.75) is 12.2 Å². The number of halogens is 2. The maximum Gasteiger partial charge on any atom is 0.116 e. The topological polar surface area (TPSA) is 60.7 Å². The second-order valence-electron chi connectivity index (χ2n) is 2.87. The molecule has 5 heteroatoms. The van der Waals surface area contributed by atoms with E-state index in [0.717, 1.165) is 0 Å². The number of phenolic OH excluding ortho intramolecular Hbond substituents is 1. The number of benzene rings is 1. The molecule has 0 saturated heterocycles. The van der Waals surface area contributed by atoms with Crippen LogP contribution in [0.4, 0.5) is 0 Å². The molecule has 0 bridgehead atoms. The van der Waals surface area contributed by atoms with Crippen LogP contribution >= 0.6 is 27.5 Å². The van der Waals surface area contributed by atoms with Gasteiger partial charge in [0, 0.05) is 15.9 Å². The first-order valence-electron chi connectivity index (χ1n) is 3.96. The lowest BCUT2D eigenvalue weighted by Gasteiger charge is -2.17. The van der Waals surface area contributed by atoms with Gasteiger partial charge in [-0.05, 0) is 18.2 Å². The normalized spacial score (nSPS) is 15.1. The van der Waals surface area contributed by atoms with Gasteiger partial charge in [-0.3, -0.25) is 0 Å². The average molecular weight is 282 g/mol. The molecule has 0 amide bonds. The Balaban J connectivity index is 2.99. The molecular weight excluding hydrogens is 271 g/mol. The van der Waals surface area contributed by atoms with Gasteiger partial charge in [0.1, 0.15) is 11.9 Å². The number of aromatic hydroxyl groups is 1. The van der Waals surface area contributed by atoms with Gasteiger partial charge in [0.25, 0.3) is 0 Å². The summed E-state index contributed by atoms with van der Waals surface area (Å²) in [6.45, 7) is 0. The van der Waals surface area contributed by atoms with E-state index in [0.29, 0.717) is 10.6 Å². The van der Waals surface area contributed by atoms with Gasteiger partial charge < -0.3 is 15.3 Å². The van der Waals surface area contributed by atoms with Crippen molar-refractivity contribution >= 4 is 27.5 Å². The van der Waals surface area contributed by atoms with Gasteiger partial charge in [-0.1, -0.05) is 27.5 Å². The molecule has 0 aliphatic carbocycles. The van der Waals surface area contributed by atoms with Crippen molar-refractivity contribution in [3.63, 3.8) is 0 Å². The Labute approximate surface area is 95.1 Å². The van der Waals surface area contributed by atoms with Crippen LogP contribution in [-0.2, 0) is 0 Å². The van der Waals surface area contributed by atoms with Crippen molar-refractivity contribution < 1.29 is 15.3 Å². The third kappa shape index (κ3) is 2.60. The lowest BCUT2D eigenvalue weighted by molar-refractivity contribution is 0.0342. The molecule has 3 N–H and O–H groups in total. The number of hydrogen-bond acceptors (Lipinski definition) is 3. The molecule has 0 radical (unpaired) electrons. The molecule has 1 aromatic carbocycles. The predicted molar refractivity (Wildman–Crippen MR) is 57.9 cm³/mol. The number of rotatable bonds is 3. The average Bonchev–Trinajstić information content (AvgIpc) is 2.19. The highest BCUT2D eigenvalue weighted by molar-refractivity contribution is 9.09. The van der Waals surface area contributed by atoms with Crippen molar-refractivity contribution in [1.82, 2.24) is 0 Å². The van der Waals surface area contributed by atoms with Gasteiger partial charge in [0.2, 0.25) is 0 Å². The summed E-state index contributed by atoms with van der Waals surface area (Å²) in [5, 5.41) is 28.7. The van der Waals surface area contributed by atoms with Crippen LogP contribution < -0.4 is 0 Å². The molecular formula is C9H10BrClO3. The zero-order valence-electron chi connectivity index (χ0n) is 7.19. The second-order valence-corrected chi connectivity index (χ2v) is 3.93. The van der Waals surface area contributed by atoms with Crippen molar-refractivity contribution in [2.75, 3.05) is 5.33 Å². The van der Waals surface area contributed by atoms with Crippen molar-refractivity contribution in [3.05, 3.63) is 28.8 Å². The fourth-order valence-electron chi connectivity index (χ4n) is 1.05. The van der Waals surface area contributed by atoms with Crippen molar-refractivity contribution in [3.8, 4) is 5.75 Å². The highest BCUT2D eigenvalue weighted by Gasteiger charge is 2.19. The third-order valence-corrected chi connectivity index (χ3v) is 2.83. The fraction of sp³-hybridized carbons (Fsp3) is 0.333. The Morgan fingerprint density at radius 3 is 2.57 bits per heavy atom. The van der Waals surface area contributed by atoms with E-state index in [4.69, 9.17) is 11.6 Å². The van der Waals surface area contributed by atoms with Gasteiger partial charge in [-0.2, -0.15) is 0 Å². The number of alkyl halides is 1. The van der Waals surface area contributed by atoms with Gasteiger partial charge in [-0.15, -0.1) is 0 Å². The summed E-state index contributed by atoms with van der Waals surface area (Å²) < 4.78 is 0. The Morgan fingerprint density at radius 2 is 2.00 bits per heavy atom. The Hall–Kier alpha value is -0.290. The molecule has 2 unspecified atom stereocenters. The molecule has 1 aromatic rings. The summed E-state index contributed by atoms with van der Waals surface area (Å²) in [7, 11) is 0. The molecule has 0 fully saturated rings. The van der Waals surface area contributed by atoms with E-state index >= 15 is 0 Å². The lowest BCUT2D eigenvalue weighted by Crippen LogP contribution is -2.19. The zero-order valence-corrected chi connectivity index (χ0v) is 9.53. The van der Waals surface area contributed by atoms with Crippen LogP contribution in [0.1, 0.15) is 11.7 Å². The first-order chi connectivity index (χ1) is 6.56. The van der Waals surface area contributed by atoms with E-state index < -0.39 is 12.2 Å². The monoisotopic (exact) mass is 280 g/mol. The minimum atomic E-state index is -1.10. The van der Waals surface area contributed by atoms with Gasteiger partial charge in [0.15, 0.2) is 0 Å². The van der Waals surface area contributed by atoms with Gasteiger partial charge in [-0.25, -0.2) is 0 Å². The number of aliphatic hydroxyl groups excluding tert-OH is 2. The number of aliphatic hydroxyl groups is 2. The largest absolute Gasteiger partial charge is 0.508 e. The minimum absolute atomic E-state index is 0.00484. The van der Waals surface area contributed by atoms with Crippen LogP contribution in [0.25, 0.3) is 0 Å². The van der Waals surface area contributed by atoms with Gasteiger partial charge >= 0.3 is 0 Å². The van der Waals surface area contributed by atoms with E-state index in [1.807, 2.05) is 0 Å². The Kier molecular flexibility index (Phi) is 4.19. The quantitative estimate of drug-likeness (QED) is 0.741. The van der Waals surface area contributed by atoms with Crippen LogP contribution in [0.5, 0.6) is 5.75 Å². The fourth-order valence-corrected chi connectivity index (χ4v) is 1.63. The molecule has 0 heterocycles. The van der Waals surface area contributed by atoms with Crippen molar-refractivity contribution in [1.29, 1.82) is 0 Å². The summed E-state index contributed by atoms with van der Waals surface area (Å²) in [6, 6.07) is 4.22. The third-order valence-electron chi connectivity index (χ3n) is 1.82. The molecule has 14 heavy (non-hydrogen) atoms. The van der Waals surface area contributed by atoms with E-state index in [-0.39, 0.29) is 11.1 Å². The molecule has 0 aliphatic heterocycles. The first kappa shape index (κ1) is 11.8. The highest BCUT2D eigenvalue weighted by Crippen LogP contribution is 2.29. The highest BCUT2D eigenvalue weighted by atomic mass is 79.9. The molecule has 78 valence electrons. The minimum Gasteiger partial charge on any atom is -0.508 e. The second kappa shape index (κ2) is 4.98. The van der Waals surface area contributed by atoms with E-state index in [2.05, 4.69) is 15.9 Å². The van der Waals surface area contributed by atoms with Crippen molar-refractivity contribution in [2.24, 2.45) is 0 Å². The van der Waals surface area contributed by atoms with Crippen LogP contribution in [0.2, 0.25) is 5.02 Å². The SMILES string of the molecule is Oc1ccc(Cl)c(C(O)C(O)CBr)c1. The number of phenols is 1. The summed E-state index contributed by atoms with van der Waals surface area (Å²) in [5.74, 6) is 0.00484. The van der Waals surface area contributed by atoms with E-state index in [1.165, 1.54) is 18.2 Å². The van der Waals surface area contributed by atoms with E-state index in [1.54, 1.807) is 0 Å². The molecule has 2 atom stereocenters. The molecule has 0 spiro atoms. The van der Waals surface area contributed by atoms with Crippen LogP contribution in [-0.4, -0.2) is 26.8 Å². The molecule has 3 nitrogen and oxygen atoms in total. The molecule has 0 saturated carbocycles. The van der Waals surface area contributed by atoms with Gasteiger partial charge in [0.05, 0.1) is 6.10 Å². The Bertz CT molecular complexity index is 319. The molecule has 1 rings (SSSR count). The Morgan fingerprint density at radius 1 is 1.36 bits per heavy atom.